The molecule has 2 N–H and O–H groups in total. The molecule has 1 aliphatic heterocycles. The number of pyridine rings is 2. The molecule has 5 heteroatoms. The Balaban J connectivity index is 1.93. The maximum Gasteiger partial charge on any atom is 0.249 e. The number of hydrogen-bond donors (Lipinski definition) is 2. The molecule has 1 saturated heterocycles. The van der Waals surface area contributed by atoms with Crippen molar-refractivity contribution in [3.8, 4) is 11.1 Å². The Bertz CT molecular complexity index is 882. The highest BCUT2D eigenvalue weighted by Gasteiger charge is 2.15. The van der Waals surface area contributed by atoms with Crippen LogP contribution in [0, 0.1) is 0 Å². The molecule has 0 radical (unpaired) electrons. The zero-order valence-corrected chi connectivity index (χ0v) is 12.7. The van der Waals surface area contributed by atoms with Crippen molar-refractivity contribution < 1.29 is 0 Å². The lowest BCUT2D eigenvalue weighted by molar-refractivity contribution is 0.585. The van der Waals surface area contributed by atoms with Crippen molar-refractivity contribution in [3.63, 3.8) is 0 Å². The zero-order valence-electron chi connectivity index (χ0n) is 12.7. The number of nitrogens with zero attached hydrogens (tertiary/aromatic N) is 2. The van der Waals surface area contributed by atoms with E-state index in [1.54, 1.807) is 6.07 Å². The topological polar surface area (TPSA) is 61.0 Å². The van der Waals surface area contributed by atoms with Gasteiger partial charge in [0.05, 0.1) is 0 Å². The molecule has 3 aromatic rings. The first kappa shape index (κ1) is 14.0. The Morgan fingerprint density at radius 3 is 2.57 bits per heavy atom. The second-order valence-corrected chi connectivity index (χ2v) is 5.72. The Morgan fingerprint density at radius 2 is 1.78 bits per heavy atom. The molecule has 0 amide bonds. The third kappa shape index (κ3) is 2.71. The van der Waals surface area contributed by atoms with Crippen molar-refractivity contribution in [2.45, 2.75) is 0 Å². The van der Waals surface area contributed by atoms with E-state index in [1.807, 2.05) is 24.3 Å². The fourth-order valence-electron chi connectivity index (χ4n) is 3.04. The van der Waals surface area contributed by atoms with Crippen LogP contribution in [0.5, 0.6) is 0 Å². The number of rotatable bonds is 2. The largest absolute Gasteiger partial charge is 0.354 e. The van der Waals surface area contributed by atoms with Gasteiger partial charge in [0.1, 0.15) is 11.5 Å². The van der Waals surface area contributed by atoms with Crippen LogP contribution in [-0.4, -0.2) is 36.1 Å². The van der Waals surface area contributed by atoms with Crippen LogP contribution in [0.1, 0.15) is 0 Å². The third-order valence-electron chi connectivity index (χ3n) is 4.21. The minimum Gasteiger partial charge on any atom is -0.354 e. The summed E-state index contributed by atoms with van der Waals surface area (Å²) < 4.78 is 0. The quantitative estimate of drug-likeness (QED) is 0.760. The van der Waals surface area contributed by atoms with Gasteiger partial charge < -0.3 is 15.2 Å². The van der Waals surface area contributed by atoms with Gasteiger partial charge in [-0.2, -0.15) is 0 Å². The van der Waals surface area contributed by atoms with Crippen molar-refractivity contribution >= 4 is 16.9 Å². The number of anilines is 1. The Labute approximate surface area is 134 Å². The minimum atomic E-state index is -0.124. The average Bonchev–Trinajstić information content (AvgIpc) is 2.62. The van der Waals surface area contributed by atoms with Gasteiger partial charge in [-0.05, 0) is 23.3 Å². The second-order valence-electron chi connectivity index (χ2n) is 5.72. The number of aromatic nitrogens is 2. The summed E-state index contributed by atoms with van der Waals surface area (Å²) in [6, 6.07) is 15.8. The average molecular weight is 306 g/mol. The number of nitrogens with one attached hydrogen (secondary N) is 2. The van der Waals surface area contributed by atoms with E-state index in [1.165, 1.54) is 0 Å². The molecular weight excluding hydrogens is 288 g/mol. The molecule has 23 heavy (non-hydrogen) atoms. The first-order valence-electron chi connectivity index (χ1n) is 7.86. The molecule has 1 fully saturated rings. The molecule has 1 aromatic carbocycles. The Hall–Kier alpha value is -2.66. The zero-order chi connectivity index (χ0) is 15.6. The molecule has 0 atom stereocenters. The lowest BCUT2D eigenvalue weighted by atomic mass is 10.0. The van der Waals surface area contributed by atoms with Gasteiger partial charge in [-0.25, -0.2) is 4.98 Å². The monoisotopic (exact) mass is 306 g/mol. The van der Waals surface area contributed by atoms with Crippen molar-refractivity contribution in [2.75, 3.05) is 31.1 Å². The number of piperazine rings is 1. The van der Waals surface area contributed by atoms with Crippen LogP contribution >= 0.6 is 0 Å². The van der Waals surface area contributed by atoms with Crippen molar-refractivity contribution in [1.82, 2.24) is 15.3 Å². The molecule has 0 unspecified atom stereocenters. The molecule has 0 bridgehead atoms. The van der Waals surface area contributed by atoms with E-state index in [2.05, 4.69) is 38.4 Å². The van der Waals surface area contributed by atoms with Crippen LogP contribution in [0.4, 0.5) is 5.82 Å². The van der Waals surface area contributed by atoms with Crippen LogP contribution in [0.25, 0.3) is 22.2 Å². The highest BCUT2D eigenvalue weighted by atomic mass is 16.1. The third-order valence-corrected chi connectivity index (χ3v) is 4.21. The van der Waals surface area contributed by atoms with E-state index in [9.17, 15) is 4.79 Å². The maximum absolute atomic E-state index is 11.7. The number of H-pyrrole nitrogens is 1. The summed E-state index contributed by atoms with van der Waals surface area (Å²) in [6.45, 7) is 3.74. The smallest absolute Gasteiger partial charge is 0.249 e. The second kappa shape index (κ2) is 5.85. The van der Waals surface area contributed by atoms with Gasteiger partial charge in [0.2, 0.25) is 5.56 Å². The summed E-state index contributed by atoms with van der Waals surface area (Å²) >= 11 is 0. The lowest BCUT2D eigenvalue weighted by Crippen LogP contribution is -2.43. The van der Waals surface area contributed by atoms with Gasteiger partial charge in [0.15, 0.2) is 0 Å². The summed E-state index contributed by atoms with van der Waals surface area (Å²) in [7, 11) is 0. The molecule has 0 spiro atoms. The van der Waals surface area contributed by atoms with Crippen molar-refractivity contribution in [2.24, 2.45) is 0 Å². The predicted octanol–water partition coefficient (Wildman–Crippen LogP) is 2.00. The summed E-state index contributed by atoms with van der Waals surface area (Å²) in [5.41, 5.74) is 2.75. The van der Waals surface area contributed by atoms with Crippen molar-refractivity contribution in [3.05, 3.63) is 58.9 Å². The number of hydrogen-bond acceptors (Lipinski definition) is 4. The van der Waals surface area contributed by atoms with Crippen LogP contribution in [0.2, 0.25) is 0 Å². The van der Waals surface area contributed by atoms with E-state index in [-0.39, 0.29) is 5.56 Å². The van der Waals surface area contributed by atoms with Crippen LogP contribution in [-0.2, 0) is 0 Å². The van der Waals surface area contributed by atoms with E-state index in [0.717, 1.165) is 48.5 Å². The predicted molar refractivity (Wildman–Crippen MR) is 92.9 cm³/mol. The van der Waals surface area contributed by atoms with Crippen LogP contribution in [0.3, 0.4) is 0 Å². The van der Waals surface area contributed by atoms with E-state index in [0.29, 0.717) is 5.65 Å². The number of aromatic amines is 1. The summed E-state index contributed by atoms with van der Waals surface area (Å²) in [5.74, 6) is 0.916. The molecule has 0 aliphatic carbocycles. The fourth-order valence-corrected chi connectivity index (χ4v) is 3.04. The van der Waals surface area contributed by atoms with E-state index in [4.69, 9.17) is 0 Å². The molecule has 0 saturated carbocycles. The van der Waals surface area contributed by atoms with Gasteiger partial charge in [-0.15, -0.1) is 0 Å². The van der Waals surface area contributed by atoms with Crippen LogP contribution in [0.15, 0.2) is 53.3 Å². The number of benzene rings is 1. The van der Waals surface area contributed by atoms with Gasteiger partial charge >= 0.3 is 0 Å². The first-order valence-corrected chi connectivity index (χ1v) is 7.86. The first-order chi connectivity index (χ1) is 11.3. The summed E-state index contributed by atoms with van der Waals surface area (Å²) in [4.78, 5) is 21.5. The molecule has 5 nitrogen and oxygen atoms in total. The SMILES string of the molecule is O=c1ccc2c(-c3ccccc3)cc(N3CCNCC3)nc2[nH]1. The van der Waals surface area contributed by atoms with Crippen molar-refractivity contribution in [1.29, 1.82) is 0 Å². The Kier molecular flexibility index (Phi) is 3.55. The summed E-state index contributed by atoms with van der Waals surface area (Å²) in [5, 5.41) is 4.32. The standard InChI is InChI=1S/C18H18N4O/c23-17-7-6-14-15(13-4-2-1-3-5-13)12-16(20-18(14)21-17)22-10-8-19-9-11-22/h1-7,12,19H,8-11H2,(H,20,21,23). The number of fused-ring (bicyclic) bond motifs is 1. The molecule has 3 heterocycles. The molecule has 4 rings (SSSR count). The molecule has 2 aromatic heterocycles. The summed E-state index contributed by atoms with van der Waals surface area (Å²) in [6.07, 6.45) is 0. The van der Waals surface area contributed by atoms with E-state index >= 15 is 0 Å². The normalized spacial score (nSPS) is 15.0. The van der Waals surface area contributed by atoms with Gasteiger partial charge in [0, 0.05) is 37.6 Å². The highest BCUT2D eigenvalue weighted by molar-refractivity contribution is 5.94. The highest BCUT2D eigenvalue weighted by Crippen LogP contribution is 2.30. The Morgan fingerprint density at radius 1 is 1.00 bits per heavy atom. The van der Waals surface area contributed by atoms with Gasteiger partial charge in [-0.1, -0.05) is 30.3 Å². The van der Waals surface area contributed by atoms with E-state index < -0.39 is 0 Å². The van der Waals surface area contributed by atoms with Gasteiger partial charge in [-0.3, -0.25) is 4.79 Å². The van der Waals surface area contributed by atoms with Crippen LogP contribution < -0.4 is 15.8 Å². The molecular formula is C18H18N4O. The molecule has 1 aliphatic rings. The fraction of sp³-hybridized carbons (Fsp3) is 0.222. The maximum atomic E-state index is 11.7. The minimum absolute atomic E-state index is 0.124. The lowest BCUT2D eigenvalue weighted by Gasteiger charge is -2.29. The molecule has 116 valence electrons. The van der Waals surface area contributed by atoms with Gasteiger partial charge in [0.25, 0.3) is 0 Å².